The fourth-order valence-corrected chi connectivity index (χ4v) is 2.51. The predicted molar refractivity (Wildman–Crippen MR) is 62.0 cm³/mol. The van der Waals surface area contributed by atoms with Crippen LogP contribution in [0.1, 0.15) is 26.2 Å². The average Bonchev–Trinajstić information content (AvgIpc) is 2.71. The molecule has 0 saturated carbocycles. The van der Waals surface area contributed by atoms with Gasteiger partial charge in [0.05, 0.1) is 0 Å². The molecule has 2 N–H and O–H groups in total. The first-order chi connectivity index (χ1) is 7.29. The maximum absolute atomic E-state index is 5.41. The van der Waals surface area contributed by atoms with E-state index in [1.807, 2.05) is 0 Å². The van der Waals surface area contributed by atoms with Crippen LogP contribution in [0.25, 0.3) is 0 Å². The van der Waals surface area contributed by atoms with Crippen LogP contribution in [-0.4, -0.2) is 39.4 Å². The molecule has 0 aromatic rings. The fraction of sp³-hybridized carbons (Fsp3) is 1.00. The summed E-state index contributed by atoms with van der Waals surface area (Å²) in [6.07, 6.45) is 3.76. The number of hydrogen-bond acceptors (Lipinski definition) is 3. The van der Waals surface area contributed by atoms with Gasteiger partial charge in [-0.2, -0.15) is 0 Å². The normalized spacial score (nSPS) is 30.6. The minimum absolute atomic E-state index is 0.476. The number of nitrogens with one attached hydrogen (secondary N) is 2. The summed E-state index contributed by atoms with van der Waals surface area (Å²) in [7, 11) is 0. The van der Waals surface area contributed by atoms with Gasteiger partial charge in [-0.25, -0.2) is 0 Å². The molecule has 0 bridgehead atoms. The molecule has 0 spiro atoms. The zero-order chi connectivity index (χ0) is 10.6. The van der Waals surface area contributed by atoms with E-state index in [0.29, 0.717) is 5.41 Å². The van der Waals surface area contributed by atoms with E-state index in [9.17, 15) is 0 Å². The maximum atomic E-state index is 5.41. The molecule has 2 aliphatic rings. The third-order valence-electron chi connectivity index (χ3n) is 3.85. The highest BCUT2D eigenvalue weighted by molar-refractivity contribution is 4.81. The van der Waals surface area contributed by atoms with Crippen LogP contribution >= 0.6 is 0 Å². The average molecular weight is 212 g/mol. The summed E-state index contributed by atoms with van der Waals surface area (Å²) in [5.74, 6) is 0.855. The molecule has 0 aromatic heterocycles. The lowest BCUT2D eigenvalue weighted by atomic mass is 9.82. The third kappa shape index (κ3) is 3.44. The first-order valence-electron chi connectivity index (χ1n) is 6.28. The van der Waals surface area contributed by atoms with Crippen molar-refractivity contribution in [3.05, 3.63) is 0 Å². The van der Waals surface area contributed by atoms with Gasteiger partial charge in [-0.3, -0.25) is 0 Å². The van der Waals surface area contributed by atoms with Crippen LogP contribution in [0.15, 0.2) is 0 Å². The largest absolute Gasteiger partial charge is 0.381 e. The van der Waals surface area contributed by atoms with Gasteiger partial charge < -0.3 is 15.4 Å². The second-order valence-electron chi connectivity index (χ2n) is 5.41. The molecule has 1 unspecified atom stereocenters. The van der Waals surface area contributed by atoms with Crippen molar-refractivity contribution >= 4 is 0 Å². The summed E-state index contributed by atoms with van der Waals surface area (Å²) in [5.41, 5.74) is 0.476. The predicted octanol–water partition coefficient (Wildman–Crippen LogP) is 1.00. The summed E-state index contributed by atoms with van der Waals surface area (Å²) >= 11 is 0. The van der Waals surface area contributed by atoms with E-state index >= 15 is 0 Å². The molecule has 3 heteroatoms. The van der Waals surface area contributed by atoms with Gasteiger partial charge in [-0.15, -0.1) is 0 Å². The lowest BCUT2D eigenvalue weighted by Crippen LogP contribution is -2.38. The molecule has 15 heavy (non-hydrogen) atoms. The van der Waals surface area contributed by atoms with Crippen molar-refractivity contribution < 1.29 is 4.74 Å². The van der Waals surface area contributed by atoms with Crippen molar-refractivity contribution in [2.45, 2.75) is 26.2 Å². The summed E-state index contributed by atoms with van der Waals surface area (Å²) in [6.45, 7) is 9.03. The Hall–Kier alpha value is -0.120. The smallest absolute Gasteiger partial charge is 0.0471 e. The van der Waals surface area contributed by atoms with E-state index in [0.717, 1.165) is 25.7 Å². The fourth-order valence-electron chi connectivity index (χ4n) is 2.51. The Morgan fingerprint density at radius 2 is 2.20 bits per heavy atom. The third-order valence-corrected chi connectivity index (χ3v) is 3.85. The van der Waals surface area contributed by atoms with Crippen molar-refractivity contribution in [2.75, 3.05) is 39.4 Å². The summed E-state index contributed by atoms with van der Waals surface area (Å²) in [4.78, 5) is 0. The Morgan fingerprint density at radius 3 is 2.87 bits per heavy atom. The highest BCUT2D eigenvalue weighted by atomic mass is 16.5. The number of rotatable bonds is 4. The van der Waals surface area contributed by atoms with Crippen molar-refractivity contribution in [3.8, 4) is 0 Å². The van der Waals surface area contributed by atoms with Gasteiger partial charge in [-0.1, -0.05) is 6.92 Å². The van der Waals surface area contributed by atoms with Crippen LogP contribution in [0.4, 0.5) is 0 Å². The second kappa shape index (κ2) is 5.28. The molecule has 2 saturated heterocycles. The zero-order valence-corrected chi connectivity index (χ0v) is 9.85. The Kier molecular flexibility index (Phi) is 4.00. The van der Waals surface area contributed by atoms with Crippen LogP contribution < -0.4 is 10.6 Å². The monoisotopic (exact) mass is 212 g/mol. The second-order valence-corrected chi connectivity index (χ2v) is 5.41. The molecular weight excluding hydrogens is 188 g/mol. The van der Waals surface area contributed by atoms with Gasteiger partial charge in [0.2, 0.25) is 0 Å². The van der Waals surface area contributed by atoms with Crippen LogP contribution in [-0.2, 0) is 4.74 Å². The molecule has 0 aromatic carbocycles. The molecule has 0 aliphatic carbocycles. The molecule has 88 valence electrons. The molecular formula is C12H24N2O. The van der Waals surface area contributed by atoms with Gasteiger partial charge in [0.25, 0.3) is 0 Å². The Labute approximate surface area is 93.0 Å². The van der Waals surface area contributed by atoms with E-state index in [2.05, 4.69) is 17.6 Å². The van der Waals surface area contributed by atoms with Crippen molar-refractivity contribution in [1.82, 2.24) is 10.6 Å². The van der Waals surface area contributed by atoms with Gasteiger partial charge in [0.15, 0.2) is 0 Å². The van der Waals surface area contributed by atoms with Crippen molar-refractivity contribution in [1.29, 1.82) is 0 Å². The summed E-state index contributed by atoms with van der Waals surface area (Å²) < 4.78 is 5.41. The standard InChI is InChI=1S/C12H24N2O/c1-12(3-6-15-7-4-12)10-14-9-11-2-5-13-8-11/h11,13-14H,2-10H2,1H3. The first kappa shape index (κ1) is 11.4. The molecule has 3 nitrogen and oxygen atoms in total. The van der Waals surface area contributed by atoms with E-state index < -0.39 is 0 Å². The molecule has 0 amide bonds. The number of ether oxygens (including phenoxy) is 1. The Morgan fingerprint density at radius 1 is 1.40 bits per heavy atom. The van der Waals surface area contributed by atoms with Gasteiger partial charge in [0.1, 0.15) is 0 Å². The zero-order valence-electron chi connectivity index (χ0n) is 9.85. The van der Waals surface area contributed by atoms with Gasteiger partial charge in [0, 0.05) is 19.8 Å². The highest BCUT2D eigenvalue weighted by Crippen LogP contribution is 2.28. The molecule has 2 aliphatic heterocycles. The van der Waals surface area contributed by atoms with Crippen molar-refractivity contribution in [3.63, 3.8) is 0 Å². The highest BCUT2D eigenvalue weighted by Gasteiger charge is 2.27. The van der Waals surface area contributed by atoms with Crippen LogP contribution in [0.3, 0.4) is 0 Å². The minimum atomic E-state index is 0.476. The molecule has 2 heterocycles. The SMILES string of the molecule is CC1(CNCC2CCNC2)CCOCC1. The quantitative estimate of drug-likeness (QED) is 0.729. The Bertz CT molecular complexity index is 184. The van der Waals surface area contributed by atoms with E-state index in [1.54, 1.807) is 0 Å². The lowest BCUT2D eigenvalue weighted by Gasteiger charge is -2.34. The topological polar surface area (TPSA) is 33.3 Å². The maximum Gasteiger partial charge on any atom is 0.0471 e. The van der Waals surface area contributed by atoms with Gasteiger partial charge in [-0.05, 0) is 50.2 Å². The minimum Gasteiger partial charge on any atom is -0.381 e. The van der Waals surface area contributed by atoms with Crippen molar-refractivity contribution in [2.24, 2.45) is 11.3 Å². The molecule has 0 radical (unpaired) electrons. The van der Waals surface area contributed by atoms with E-state index in [4.69, 9.17) is 4.74 Å². The summed E-state index contributed by atoms with van der Waals surface area (Å²) in [6, 6.07) is 0. The van der Waals surface area contributed by atoms with Crippen LogP contribution in [0.5, 0.6) is 0 Å². The summed E-state index contributed by atoms with van der Waals surface area (Å²) in [5, 5.41) is 7.05. The molecule has 1 atom stereocenters. The lowest BCUT2D eigenvalue weighted by molar-refractivity contribution is 0.0238. The van der Waals surface area contributed by atoms with Crippen LogP contribution in [0, 0.1) is 11.3 Å². The van der Waals surface area contributed by atoms with E-state index in [-0.39, 0.29) is 0 Å². The first-order valence-corrected chi connectivity index (χ1v) is 6.28. The molecule has 2 fully saturated rings. The van der Waals surface area contributed by atoms with Crippen LogP contribution in [0.2, 0.25) is 0 Å². The van der Waals surface area contributed by atoms with Gasteiger partial charge >= 0.3 is 0 Å². The Balaban J connectivity index is 1.63. The molecule has 2 rings (SSSR count). The number of hydrogen-bond donors (Lipinski definition) is 2. The van der Waals surface area contributed by atoms with E-state index in [1.165, 1.54) is 38.9 Å².